The van der Waals surface area contributed by atoms with Crippen LogP contribution in [0, 0.1) is 11.6 Å². The average molecular weight is 252 g/mol. The van der Waals surface area contributed by atoms with Crippen molar-refractivity contribution in [2.24, 2.45) is 0 Å². The molecule has 5 nitrogen and oxygen atoms in total. The SMILES string of the molecule is Nc1[nH]ncc1CNC(=O)c1ccc(F)cc1F. The maximum absolute atomic E-state index is 13.3. The zero-order valence-electron chi connectivity index (χ0n) is 9.21. The van der Waals surface area contributed by atoms with Crippen LogP contribution in [0.3, 0.4) is 0 Å². The van der Waals surface area contributed by atoms with Crippen molar-refractivity contribution in [3.8, 4) is 0 Å². The molecule has 1 heterocycles. The summed E-state index contributed by atoms with van der Waals surface area (Å²) in [4.78, 5) is 11.6. The van der Waals surface area contributed by atoms with E-state index in [4.69, 9.17) is 5.73 Å². The third kappa shape index (κ3) is 2.45. The fraction of sp³-hybridized carbons (Fsp3) is 0.0909. The molecule has 0 radical (unpaired) electrons. The highest BCUT2D eigenvalue weighted by Gasteiger charge is 2.12. The lowest BCUT2D eigenvalue weighted by molar-refractivity contribution is 0.0947. The summed E-state index contributed by atoms with van der Waals surface area (Å²) in [5.41, 5.74) is 5.89. The highest BCUT2D eigenvalue weighted by atomic mass is 19.1. The molecule has 0 aliphatic heterocycles. The molecule has 0 aliphatic rings. The number of benzene rings is 1. The van der Waals surface area contributed by atoms with Gasteiger partial charge in [-0.05, 0) is 12.1 Å². The number of anilines is 1. The largest absolute Gasteiger partial charge is 0.384 e. The van der Waals surface area contributed by atoms with Crippen LogP contribution in [0.1, 0.15) is 15.9 Å². The average Bonchev–Trinajstić information content (AvgIpc) is 2.72. The van der Waals surface area contributed by atoms with Crippen molar-refractivity contribution in [1.82, 2.24) is 15.5 Å². The van der Waals surface area contributed by atoms with Gasteiger partial charge >= 0.3 is 0 Å². The van der Waals surface area contributed by atoms with Crippen molar-refractivity contribution in [2.75, 3.05) is 5.73 Å². The van der Waals surface area contributed by atoms with E-state index >= 15 is 0 Å². The van der Waals surface area contributed by atoms with E-state index < -0.39 is 17.5 Å². The Labute approximate surface area is 101 Å². The second-order valence-corrected chi connectivity index (χ2v) is 3.62. The van der Waals surface area contributed by atoms with Crippen LogP contribution in [0.4, 0.5) is 14.6 Å². The number of H-pyrrole nitrogens is 1. The first-order chi connectivity index (χ1) is 8.58. The van der Waals surface area contributed by atoms with Crippen LogP contribution in [0.5, 0.6) is 0 Å². The Morgan fingerprint density at radius 3 is 2.83 bits per heavy atom. The van der Waals surface area contributed by atoms with Gasteiger partial charge in [0.1, 0.15) is 17.5 Å². The molecule has 4 N–H and O–H groups in total. The van der Waals surface area contributed by atoms with Gasteiger partial charge in [0.25, 0.3) is 5.91 Å². The lowest BCUT2D eigenvalue weighted by Crippen LogP contribution is -2.24. The molecular formula is C11H10F2N4O. The predicted molar refractivity (Wildman–Crippen MR) is 60.5 cm³/mol. The minimum absolute atomic E-state index is 0.109. The molecule has 2 rings (SSSR count). The number of carbonyl (C=O) groups is 1. The topological polar surface area (TPSA) is 83.8 Å². The predicted octanol–water partition coefficient (Wildman–Crippen LogP) is 1.20. The molecule has 1 aromatic heterocycles. The maximum Gasteiger partial charge on any atom is 0.254 e. The van der Waals surface area contributed by atoms with Crippen molar-refractivity contribution in [3.05, 3.63) is 47.2 Å². The van der Waals surface area contributed by atoms with Gasteiger partial charge in [-0.25, -0.2) is 8.78 Å². The first kappa shape index (κ1) is 12.0. The van der Waals surface area contributed by atoms with E-state index in [0.717, 1.165) is 12.1 Å². The number of rotatable bonds is 3. The van der Waals surface area contributed by atoms with Crippen LogP contribution in [-0.2, 0) is 6.54 Å². The maximum atomic E-state index is 13.3. The summed E-state index contributed by atoms with van der Waals surface area (Å²) in [6.07, 6.45) is 1.45. The second-order valence-electron chi connectivity index (χ2n) is 3.62. The molecule has 1 amide bonds. The first-order valence-corrected chi connectivity index (χ1v) is 5.09. The van der Waals surface area contributed by atoms with Crippen LogP contribution in [0.25, 0.3) is 0 Å². The number of halogens is 2. The first-order valence-electron chi connectivity index (χ1n) is 5.09. The molecule has 0 saturated heterocycles. The normalized spacial score (nSPS) is 10.3. The van der Waals surface area contributed by atoms with Gasteiger partial charge in [0.15, 0.2) is 0 Å². The summed E-state index contributed by atoms with van der Waals surface area (Å²) in [5, 5.41) is 8.64. The van der Waals surface area contributed by atoms with Crippen LogP contribution in [0.15, 0.2) is 24.4 Å². The van der Waals surface area contributed by atoms with Gasteiger partial charge in [-0.3, -0.25) is 9.89 Å². The van der Waals surface area contributed by atoms with E-state index in [-0.39, 0.29) is 12.1 Å². The Morgan fingerprint density at radius 2 is 2.22 bits per heavy atom. The van der Waals surface area contributed by atoms with Crippen molar-refractivity contribution >= 4 is 11.7 Å². The molecule has 7 heteroatoms. The molecule has 2 aromatic rings. The standard InChI is InChI=1S/C11H10F2N4O/c12-7-1-2-8(9(13)3-7)11(18)15-4-6-5-16-17-10(6)14/h1-3,5H,4H2,(H,15,18)(H3,14,16,17). The van der Waals surface area contributed by atoms with Gasteiger partial charge in [0, 0.05) is 18.2 Å². The fourth-order valence-corrected chi connectivity index (χ4v) is 1.41. The second kappa shape index (κ2) is 4.82. The van der Waals surface area contributed by atoms with E-state index in [1.165, 1.54) is 6.20 Å². The summed E-state index contributed by atoms with van der Waals surface area (Å²) >= 11 is 0. The fourth-order valence-electron chi connectivity index (χ4n) is 1.41. The number of amides is 1. The summed E-state index contributed by atoms with van der Waals surface area (Å²) in [6.45, 7) is 0.109. The lowest BCUT2D eigenvalue weighted by Gasteiger charge is -2.05. The van der Waals surface area contributed by atoms with Gasteiger partial charge in [-0.1, -0.05) is 0 Å². The summed E-state index contributed by atoms with van der Waals surface area (Å²) < 4.78 is 26.0. The molecular weight excluding hydrogens is 242 g/mol. The quantitative estimate of drug-likeness (QED) is 0.767. The summed E-state index contributed by atoms with van der Waals surface area (Å²) in [7, 11) is 0. The third-order valence-corrected chi connectivity index (χ3v) is 2.37. The Morgan fingerprint density at radius 1 is 1.44 bits per heavy atom. The number of nitrogen functional groups attached to an aromatic ring is 1. The van der Waals surface area contributed by atoms with Crippen LogP contribution in [-0.4, -0.2) is 16.1 Å². The zero-order chi connectivity index (χ0) is 13.1. The molecule has 0 atom stereocenters. The summed E-state index contributed by atoms with van der Waals surface area (Å²) in [5.74, 6) is -1.96. The van der Waals surface area contributed by atoms with Gasteiger partial charge < -0.3 is 11.1 Å². The van der Waals surface area contributed by atoms with Crippen molar-refractivity contribution in [1.29, 1.82) is 0 Å². The van der Waals surface area contributed by atoms with E-state index in [1.54, 1.807) is 0 Å². The Balaban J connectivity index is 2.06. The van der Waals surface area contributed by atoms with Gasteiger partial charge in [0.05, 0.1) is 11.8 Å². The Kier molecular flexibility index (Phi) is 3.22. The molecule has 0 aliphatic carbocycles. The van der Waals surface area contributed by atoms with E-state index in [9.17, 15) is 13.6 Å². The van der Waals surface area contributed by atoms with Crippen molar-refractivity contribution < 1.29 is 13.6 Å². The van der Waals surface area contributed by atoms with Gasteiger partial charge in [-0.2, -0.15) is 5.10 Å². The number of nitrogens with one attached hydrogen (secondary N) is 2. The molecule has 0 saturated carbocycles. The monoisotopic (exact) mass is 252 g/mol. The van der Waals surface area contributed by atoms with Crippen molar-refractivity contribution in [2.45, 2.75) is 6.54 Å². The number of hydrogen-bond donors (Lipinski definition) is 3. The van der Waals surface area contributed by atoms with E-state index in [2.05, 4.69) is 15.5 Å². The van der Waals surface area contributed by atoms with Gasteiger partial charge in [0.2, 0.25) is 0 Å². The summed E-state index contributed by atoms with van der Waals surface area (Å²) in [6, 6.07) is 2.75. The highest BCUT2D eigenvalue weighted by Crippen LogP contribution is 2.10. The number of aromatic amines is 1. The van der Waals surface area contributed by atoms with Crippen molar-refractivity contribution in [3.63, 3.8) is 0 Å². The Bertz CT molecular complexity index is 582. The lowest BCUT2D eigenvalue weighted by atomic mass is 10.2. The molecule has 0 unspecified atom stereocenters. The highest BCUT2D eigenvalue weighted by molar-refractivity contribution is 5.94. The van der Waals surface area contributed by atoms with Crippen LogP contribution < -0.4 is 11.1 Å². The number of nitrogens with two attached hydrogens (primary N) is 1. The van der Waals surface area contributed by atoms with E-state index in [0.29, 0.717) is 17.4 Å². The molecule has 0 bridgehead atoms. The number of aromatic nitrogens is 2. The molecule has 18 heavy (non-hydrogen) atoms. The number of hydrogen-bond acceptors (Lipinski definition) is 3. The van der Waals surface area contributed by atoms with Crippen LogP contribution in [0.2, 0.25) is 0 Å². The molecule has 0 spiro atoms. The number of carbonyl (C=O) groups excluding carboxylic acids is 1. The molecule has 94 valence electrons. The zero-order valence-corrected chi connectivity index (χ0v) is 9.21. The minimum atomic E-state index is -0.910. The molecule has 0 fully saturated rings. The number of nitrogens with zero attached hydrogens (tertiary/aromatic N) is 1. The van der Waals surface area contributed by atoms with Gasteiger partial charge in [-0.15, -0.1) is 0 Å². The smallest absolute Gasteiger partial charge is 0.254 e. The molecule has 1 aromatic carbocycles. The van der Waals surface area contributed by atoms with E-state index in [1.807, 2.05) is 0 Å². The minimum Gasteiger partial charge on any atom is -0.384 e. The van der Waals surface area contributed by atoms with Crippen LogP contribution >= 0.6 is 0 Å². The third-order valence-electron chi connectivity index (χ3n) is 2.37. The Hall–Kier alpha value is -2.44.